The normalized spacial score (nSPS) is 17.6. The van der Waals surface area contributed by atoms with Gasteiger partial charge in [0.2, 0.25) is 5.95 Å². The van der Waals surface area contributed by atoms with Crippen molar-refractivity contribution in [3.8, 4) is 17.3 Å². The monoisotopic (exact) mass is 367 g/mol. The van der Waals surface area contributed by atoms with E-state index in [9.17, 15) is 5.26 Å². The fraction of sp³-hybridized carbons (Fsp3) is 0.444. The SMILES string of the molecule is N#Cc1c(N2CCOCC2)cc(N2CCOCC2)nc1-c1cnc(N)nc1. The molecular formula is C18H21N7O2. The topological polar surface area (TPSA) is 113 Å². The number of hydrogen-bond acceptors (Lipinski definition) is 9. The first kappa shape index (κ1) is 17.5. The highest BCUT2D eigenvalue weighted by Gasteiger charge is 2.23. The van der Waals surface area contributed by atoms with Gasteiger partial charge in [-0.3, -0.25) is 0 Å². The van der Waals surface area contributed by atoms with E-state index in [1.54, 1.807) is 12.4 Å². The van der Waals surface area contributed by atoms with Crippen molar-refractivity contribution in [1.29, 1.82) is 5.26 Å². The zero-order valence-electron chi connectivity index (χ0n) is 15.0. The molecule has 2 aliphatic rings. The van der Waals surface area contributed by atoms with Crippen LogP contribution < -0.4 is 15.5 Å². The van der Waals surface area contributed by atoms with Gasteiger partial charge in [-0.2, -0.15) is 5.26 Å². The minimum atomic E-state index is 0.190. The van der Waals surface area contributed by atoms with Gasteiger partial charge >= 0.3 is 0 Å². The van der Waals surface area contributed by atoms with Crippen LogP contribution in [0.15, 0.2) is 18.5 Å². The number of anilines is 3. The van der Waals surface area contributed by atoms with Gasteiger partial charge in [-0.05, 0) is 0 Å². The number of hydrogen-bond donors (Lipinski definition) is 1. The Kier molecular flexibility index (Phi) is 5.00. The quantitative estimate of drug-likeness (QED) is 0.836. The van der Waals surface area contributed by atoms with E-state index in [0.717, 1.165) is 37.7 Å². The first-order valence-corrected chi connectivity index (χ1v) is 8.94. The van der Waals surface area contributed by atoms with Crippen molar-refractivity contribution < 1.29 is 9.47 Å². The Morgan fingerprint density at radius 2 is 1.56 bits per heavy atom. The number of nitrogen functional groups attached to an aromatic ring is 1. The zero-order chi connectivity index (χ0) is 18.6. The number of nitrogens with zero attached hydrogens (tertiary/aromatic N) is 6. The Bertz CT molecular complexity index is 838. The summed E-state index contributed by atoms with van der Waals surface area (Å²) in [6.45, 7) is 5.60. The Labute approximate surface area is 157 Å². The maximum absolute atomic E-state index is 9.90. The highest BCUT2D eigenvalue weighted by Crippen LogP contribution is 2.33. The molecule has 2 aromatic rings. The molecule has 0 radical (unpaired) electrons. The van der Waals surface area contributed by atoms with E-state index in [1.165, 1.54) is 0 Å². The predicted molar refractivity (Wildman–Crippen MR) is 100 cm³/mol. The summed E-state index contributed by atoms with van der Waals surface area (Å²) in [6.07, 6.45) is 3.22. The Morgan fingerprint density at radius 3 is 2.15 bits per heavy atom. The van der Waals surface area contributed by atoms with Crippen LogP contribution in [0, 0.1) is 11.3 Å². The fourth-order valence-electron chi connectivity index (χ4n) is 3.31. The average Bonchev–Trinajstić information content (AvgIpc) is 2.74. The minimum Gasteiger partial charge on any atom is -0.378 e. The lowest BCUT2D eigenvalue weighted by Crippen LogP contribution is -2.38. The van der Waals surface area contributed by atoms with E-state index in [4.69, 9.17) is 20.2 Å². The van der Waals surface area contributed by atoms with Crippen molar-refractivity contribution in [1.82, 2.24) is 15.0 Å². The molecule has 4 rings (SSSR count). The van der Waals surface area contributed by atoms with Crippen LogP contribution in [0.3, 0.4) is 0 Å². The number of morpholine rings is 2. The summed E-state index contributed by atoms with van der Waals surface area (Å²) in [5, 5.41) is 9.90. The van der Waals surface area contributed by atoms with Crippen LogP contribution in [0.1, 0.15) is 5.56 Å². The molecule has 0 aliphatic carbocycles. The highest BCUT2D eigenvalue weighted by atomic mass is 16.5. The van der Waals surface area contributed by atoms with E-state index >= 15 is 0 Å². The van der Waals surface area contributed by atoms with Gasteiger partial charge in [-0.25, -0.2) is 15.0 Å². The van der Waals surface area contributed by atoms with Crippen molar-refractivity contribution in [2.75, 3.05) is 68.1 Å². The Hall–Kier alpha value is -2.96. The lowest BCUT2D eigenvalue weighted by atomic mass is 10.1. The van der Waals surface area contributed by atoms with Crippen LogP contribution >= 0.6 is 0 Å². The molecule has 2 fully saturated rings. The molecular weight excluding hydrogens is 346 g/mol. The van der Waals surface area contributed by atoms with E-state index in [2.05, 4.69) is 25.8 Å². The lowest BCUT2D eigenvalue weighted by Gasteiger charge is -2.33. The molecule has 9 nitrogen and oxygen atoms in total. The summed E-state index contributed by atoms with van der Waals surface area (Å²) in [7, 11) is 0. The summed E-state index contributed by atoms with van der Waals surface area (Å²) in [6, 6.07) is 4.33. The minimum absolute atomic E-state index is 0.190. The first-order chi connectivity index (χ1) is 13.3. The van der Waals surface area contributed by atoms with Crippen molar-refractivity contribution in [2.24, 2.45) is 0 Å². The number of nitrogens with two attached hydrogens (primary N) is 1. The van der Waals surface area contributed by atoms with Gasteiger partial charge in [0.05, 0.1) is 37.8 Å². The number of aromatic nitrogens is 3. The first-order valence-electron chi connectivity index (χ1n) is 8.94. The summed E-state index contributed by atoms with van der Waals surface area (Å²) in [4.78, 5) is 17.3. The van der Waals surface area contributed by atoms with Crippen molar-refractivity contribution in [2.45, 2.75) is 0 Å². The van der Waals surface area contributed by atoms with Crippen molar-refractivity contribution in [3.05, 3.63) is 24.0 Å². The third-order valence-corrected chi connectivity index (χ3v) is 4.73. The van der Waals surface area contributed by atoms with E-state index in [1.807, 2.05) is 6.07 Å². The Balaban J connectivity index is 1.84. The summed E-state index contributed by atoms with van der Waals surface area (Å²) < 4.78 is 10.9. The van der Waals surface area contributed by atoms with Gasteiger partial charge in [0.1, 0.15) is 17.5 Å². The molecule has 2 aliphatic heterocycles. The van der Waals surface area contributed by atoms with Crippen LogP contribution in [-0.2, 0) is 9.47 Å². The maximum atomic E-state index is 9.90. The smallest absolute Gasteiger partial charge is 0.219 e. The lowest BCUT2D eigenvalue weighted by molar-refractivity contribution is 0.122. The fourth-order valence-corrected chi connectivity index (χ4v) is 3.31. The van der Waals surface area contributed by atoms with Gasteiger partial charge in [-0.1, -0.05) is 0 Å². The average molecular weight is 367 g/mol. The molecule has 0 bridgehead atoms. The molecule has 0 saturated carbocycles. The Morgan fingerprint density at radius 1 is 0.963 bits per heavy atom. The van der Waals surface area contributed by atoms with Gasteiger partial charge in [0.25, 0.3) is 0 Å². The number of nitriles is 1. The standard InChI is InChI=1S/C18H21N7O2/c19-10-14-15(24-1-5-26-6-2-24)9-16(25-3-7-27-8-4-25)23-17(14)13-11-21-18(20)22-12-13/h9,11-12H,1-8H2,(H2,20,21,22). The summed E-state index contributed by atoms with van der Waals surface area (Å²) in [5.41, 5.74) is 8.24. The van der Waals surface area contributed by atoms with E-state index in [-0.39, 0.29) is 5.95 Å². The molecule has 0 aromatic carbocycles. The second-order valence-corrected chi connectivity index (χ2v) is 6.36. The molecule has 4 heterocycles. The predicted octanol–water partition coefficient (Wildman–Crippen LogP) is 0.666. The van der Waals surface area contributed by atoms with Gasteiger partial charge in [-0.15, -0.1) is 0 Å². The molecule has 27 heavy (non-hydrogen) atoms. The van der Waals surface area contributed by atoms with Gasteiger partial charge < -0.3 is 25.0 Å². The summed E-state index contributed by atoms with van der Waals surface area (Å²) in [5.74, 6) is 1.01. The van der Waals surface area contributed by atoms with Crippen LogP contribution in [0.25, 0.3) is 11.3 Å². The van der Waals surface area contributed by atoms with Gasteiger partial charge in [0.15, 0.2) is 0 Å². The molecule has 2 N–H and O–H groups in total. The number of ether oxygens (including phenoxy) is 2. The maximum Gasteiger partial charge on any atom is 0.219 e. The molecule has 140 valence electrons. The number of rotatable bonds is 3. The van der Waals surface area contributed by atoms with Crippen LogP contribution in [0.5, 0.6) is 0 Å². The molecule has 0 atom stereocenters. The van der Waals surface area contributed by atoms with E-state index in [0.29, 0.717) is 43.2 Å². The van der Waals surface area contributed by atoms with Crippen LogP contribution in [0.4, 0.5) is 17.5 Å². The molecule has 2 aromatic heterocycles. The second-order valence-electron chi connectivity index (χ2n) is 6.36. The third kappa shape index (κ3) is 3.63. The van der Waals surface area contributed by atoms with Crippen LogP contribution in [0.2, 0.25) is 0 Å². The van der Waals surface area contributed by atoms with Gasteiger partial charge in [0, 0.05) is 50.2 Å². The summed E-state index contributed by atoms with van der Waals surface area (Å²) >= 11 is 0. The van der Waals surface area contributed by atoms with E-state index < -0.39 is 0 Å². The molecule has 2 saturated heterocycles. The molecule has 9 heteroatoms. The number of pyridine rings is 1. The van der Waals surface area contributed by atoms with Crippen LogP contribution in [-0.4, -0.2) is 67.6 Å². The molecule has 0 amide bonds. The van der Waals surface area contributed by atoms with Crippen molar-refractivity contribution >= 4 is 17.5 Å². The third-order valence-electron chi connectivity index (χ3n) is 4.73. The van der Waals surface area contributed by atoms with Crippen molar-refractivity contribution in [3.63, 3.8) is 0 Å². The molecule has 0 unspecified atom stereocenters. The zero-order valence-corrected chi connectivity index (χ0v) is 15.0. The largest absolute Gasteiger partial charge is 0.378 e. The molecule has 0 spiro atoms. The second kappa shape index (κ2) is 7.73. The highest BCUT2D eigenvalue weighted by molar-refractivity contribution is 5.78.